The van der Waals surface area contributed by atoms with Crippen molar-refractivity contribution in [3.8, 4) is 11.5 Å². The molecule has 0 radical (unpaired) electrons. The van der Waals surface area contributed by atoms with E-state index in [4.69, 9.17) is 14.2 Å². The number of fused-ring (bicyclic) bond motifs is 3. The van der Waals surface area contributed by atoms with Gasteiger partial charge in [-0.15, -0.1) is 0 Å². The zero-order valence-corrected chi connectivity index (χ0v) is 21.1. The van der Waals surface area contributed by atoms with Gasteiger partial charge in [0.1, 0.15) is 22.7 Å². The Morgan fingerprint density at radius 2 is 2.06 bits per heavy atom. The zero-order valence-electron chi connectivity index (χ0n) is 21.1. The highest BCUT2D eigenvalue weighted by Crippen LogP contribution is 2.36. The van der Waals surface area contributed by atoms with Gasteiger partial charge in [0.25, 0.3) is 5.91 Å². The van der Waals surface area contributed by atoms with Crippen LogP contribution < -0.4 is 14.8 Å². The fraction of sp³-hybridized carbons (Fsp3) is 0.429. The molecule has 2 amide bonds. The van der Waals surface area contributed by atoms with E-state index in [-0.39, 0.29) is 24.5 Å². The van der Waals surface area contributed by atoms with Crippen LogP contribution in [0.2, 0.25) is 0 Å². The van der Waals surface area contributed by atoms with Crippen molar-refractivity contribution in [2.45, 2.75) is 51.4 Å². The summed E-state index contributed by atoms with van der Waals surface area (Å²) in [6.45, 7) is 6.01. The number of ether oxygens (including phenoxy) is 3. The summed E-state index contributed by atoms with van der Waals surface area (Å²) in [6, 6.07) is 15.3. The molecule has 0 saturated carbocycles. The number of hydrogen-bond donors (Lipinski definition) is 1. The van der Waals surface area contributed by atoms with Gasteiger partial charge in [0.15, 0.2) is 0 Å². The van der Waals surface area contributed by atoms with Gasteiger partial charge in [-0.1, -0.05) is 18.2 Å². The number of aromatic nitrogens is 1. The van der Waals surface area contributed by atoms with E-state index < -0.39 is 5.54 Å². The normalized spacial score (nSPS) is 21.5. The predicted molar refractivity (Wildman–Crippen MR) is 136 cm³/mol. The van der Waals surface area contributed by atoms with Gasteiger partial charge in [-0.05, 0) is 51.0 Å². The molecule has 1 aromatic heterocycles. The zero-order chi connectivity index (χ0) is 25.3. The Hall–Kier alpha value is -3.52. The second-order valence-electron chi connectivity index (χ2n) is 9.59. The average molecular weight is 492 g/mol. The molecule has 2 atom stereocenters. The van der Waals surface area contributed by atoms with Gasteiger partial charge in [0.2, 0.25) is 5.91 Å². The van der Waals surface area contributed by atoms with Crippen LogP contribution in [0.15, 0.2) is 48.5 Å². The summed E-state index contributed by atoms with van der Waals surface area (Å²) in [5, 5.41) is 4.01. The maximum absolute atomic E-state index is 14.0. The van der Waals surface area contributed by atoms with Crippen molar-refractivity contribution in [3.63, 3.8) is 0 Å². The van der Waals surface area contributed by atoms with Gasteiger partial charge in [-0.25, -0.2) is 0 Å². The molecule has 190 valence electrons. The SMILES string of the molecule is CCOc1ccccc1CN1C(=O)c2cc3ccc(OC)cc3n2C[C@@]1(C)C(=O)NC[C@@H]1CCCO1. The number of rotatable bonds is 8. The lowest BCUT2D eigenvalue weighted by molar-refractivity contribution is -0.133. The largest absolute Gasteiger partial charge is 0.497 e. The molecule has 1 saturated heterocycles. The minimum absolute atomic E-state index is 0.0104. The van der Waals surface area contributed by atoms with Crippen LogP contribution in [0.25, 0.3) is 10.9 Å². The van der Waals surface area contributed by atoms with Gasteiger partial charge in [0, 0.05) is 30.2 Å². The summed E-state index contributed by atoms with van der Waals surface area (Å²) in [5.41, 5.74) is 1.15. The molecule has 2 aliphatic rings. The number of methoxy groups -OCH3 is 1. The molecule has 3 aromatic rings. The minimum atomic E-state index is -1.13. The van der Waals surface area contributed by atoms with Crippen LogP contribution in [0.3, 0.4) is 0 Å². The Morgan fingerprint density at radius 3 is 2.81 bits per heavy atom. The summed E-state index contributed by atoms with van der Waals surface area (Å²) in [4.78, 5) is 29.5. The first-order chi connectivity index (χ1) is 17.4. The third-order valence-corrected chi connectivity index (χ3v) is 7.24. The van der Waals surface area contributed by atoms with Gasteiger partial charge in [-0.2, -0.15) is 0 Å². The van der Waals surface area contributed by atoms with E-state index in [9.17, 15) is 9.59 Å². The molecule has 1 fully saturated rings. The van der Waals surface area contributed by atoms with Crippen LogP contribution in [0.1, 0.15) is 42.7 Å². The average Bonchev–Trinajstić information content (AvgIpc) is 3.54. The third-order valence-electron chi connectivity index (χ3n) is 7.24. The van der Waals surface area contributed by atoms with Crippen molar-refractivity contribution in [1.82, 2.24) is 14.8 Å². The monoisotopic (exact) mass is 491 g/mol. The van der Waals surface area contributed by atoms with Crippen LogP contribution in [0.4, 0.5) is 0 Å². The number of nitrogens with zero attached hydrogens (tertiary/aromatic N) is 2. The molecular formula is C28H33N3O5. The van der Waals surface area contributed by atoms with Gasteiger partial charge in [0.05, 0.1) is 38.4 Å². The van der Waals surface area contributed by atoms with Crippen molar-refractivity contribution in [3.05, 3.63) is 59.8 Å². The Bertz CT molecular complexity index is 1280. The summed E-state index contributed by atoms with van der Waals surface area (Å²) in [6.07, 6.45) is 1.93. The van der Waals surface area contributed by atoms with Gasteiger partial charge < -0.3 is 29.0 Å². The molecule has 2 aliphatic heterocycles. The second-order valence-corrected chi connectivity index (χ2v) is 9.59. The van der Waals surface area contributed by atoms with Crippen molar-refractivity contribution in [2.75, 3.05) is 26.9 Å². The Balaban J connectivity index is 1.55. The molecule has 0 aliphatic carbocycles. The fourth-order valence-corrected chi connectivity index (χ4v) is 5.21. The number of carbonyl (C=O) groups is 2. The first kappa shape index (κ1) is 24.2. The van der Waals surface area contributed by atoms with Crippen LogP contribution >= 0.6 is 0 Å². The highest BCUT2D eigenvalue weighted by molar-refractivity contribution is 6.03. The van der Waals surface area contributed by atoms with Crippen LogP contribution in [-0.4, -0.2) is 59.8 Å². The summed E-state index contributed by atoms with van der Waals surface area (Å²) < 4.78 is 18.9. The molecule has 8 nitrogen and oxygen atoms in total. The lowest BCUT2D eigenvalue weighted by Crippen LogP contribution is -2.64. The van der Waals surface area contributed by atoms with Crippen molar-refractivity contribution < 1.29 is 23.8 Å². The maximum Gasteiger partial charge on any atom is 0.271 e. The Kier molecular flexibility index (Phi) is 6.62. The number of para-hydroxylation sites is 1. The maximum atomic E-state index is 14.0. The van der Waals surface area contributed by atoms with E-state index >= 15 is 0 Å². The van der Waals surface area contributed by atoms with Gasteiger partial charge >= 0.3 is 0 Å². The lowest BCUT2D eigenvalue weighted by Gasteiger charge is -2.44. The van der Waals surface area contributed by atoms with Crippen molar-refractivity contribution >= 4 is 22.7 Å². The fourth-order valence-electron chi connectivity index (χ4n) is 5.21. The summed E-state index contributed by atoms with van der Waals surface area (Å²) >= 11 is 0. The predicted octanol–water partition coefficient (Wildman–Crippen LogP) is 3.76. The molecule has 0 bridgehead atoms. The van der Waals surface area contributed by atoms with E-state index in [1.54, 1.807) is 12.0 Å². The number of amides is 2. The number of nitrogens with one attached hydrogen (secondary N) is 1. The standard InChI is InChI=1S/C28H33N3O5/c1-4-35-25-10-6-5-8-20(25)17-31-26(32)24-14-19-11-12-21(34-3)15-23(19)30(24)18-28(31,2)27(33)29-16-22-9-7-13-36-22/h5-6,8,10-12,14-15,22H,4,7,9,13,16-18H2,1-3H3,(H,29,33)/t22-,28-/m0/s1. The third kappa shape index (κ3) is 4.30. The highest BCUT2D eigenvalue weighted by Gasteiger charge is 2.48. The van der Waals surface area contributed by atoms with E-state index in [0.29, 0.717) is 36.9 Å². The van der Waals surface area contributed by atoms with E-state index in [2.05, 4.69) is 5.32 Å². The lowest BCUT2D eigenvalue weighted by atomic mass is 9.93. The van der Waals surface area contributed by atoms with E-state index in [1.807, 2.05) is 66.9 Å². The smallest absolute Gasteiger partial charge is 0.271 e. The number of benzene rings is 2. The Morgan fingerprint density at radius 1 is 1.22 bits per heavy atom. The van der Waals surface area contributed by atoms with Crippen LogP contribution in [0, 0.1) is 0 Å². The number of hydrogen-bond acceptors (Lipinski definition) is 5. The van der Waals surface area contributed by atoms with E-state index in [1.165, 1.54) is 0 Å². The quantitative estimate of drug-likeness (QED) is 0.519. The molecule has 1 N–H and O–H groups in total. The highest BCUT2D eigenvalue weighted by atomic mass is 16.5. The summed E-state index contributed by atoms with van der Waals surface area (Å²) in [5.74, 6) is 1.02. The molecule has 8 heteroatoms. The molecule has 3 heterocycles. The molecule has 0 spiro atoms. The minimum Gasteiger partial charge on any atom is -0.497 e. The summed E-state index contributed by atoms with van der Waals surface area (Å²) in [7, 11) is 1.62. The molecule has 5 rings (SSSR count). The molecule has 2 aromatic carbocycles. The second kappa shape index (κ2) is 9.85. The van der Waals surface area contributed by atoms with E-state index in [0.717, 1.165) is 35.9 Å². The first-order valence-electron chi connectivity index (χ1n) is 12.5. The topological polar surface area (TPSA) is 82.0 Å². The first-order valence-corrected chi connectivity index (χ1v) is 12.5. The van der Waals surface area contributed by atoms with Crippen LogP contribution in [0.5, 0.6) is 11.5 Å². The van der Waals surface area contributed by atoms with Gasteiger partial charge in [-0.3, -0.25) is 9.59 Å². The molecule has 36 heavy (non-hydrogen) atoms. The van der Waals surface area contributed by atoms with Crippen molar-refractivity contribution in [2.24, 2.45) is 0 Å². The molecular weight excluding hydrogens is 458 g/mol. The Labute approximate surface area is 211 Å². The van der Waals surface area contributed by atoms with Crippen molar-refractivity contribution in [1.29, 1.82) is 0 Å². The molecule has 0 unspecified atom stereocenters. The number of carbonyl (C=O) groups excluding carboxylic acids is 2. The van der Waals surface area contributed by atoms with Crippen LogP contribution in [-0.2, 0) is 22.6 Å².